The zero-order valence-electron chi connectivity index (χ0n) is 5.21. The Balaban J connectivity index is 3.20. The van der Waals surface area contributed by atoms with Gasteiger partial charge in [-0.2, -0.15) is 0 Å². The Bertz CT molecular complexity index is 79.4. The van der Waals surface area contributed by atoms with E-state index in [1.54, 1.807) is 0 Å². The summed E-state index contributed by atoms with van der Waals surface area (Å²) in [6.07, 6.45) is 0. The number of thiocarbonyl (C=S) groups is 1. The van der Waals surface area contributed by atoms with Crippen LogP contribution in [-0.4, -0.2) is 36.2 Å². The zero-order valence-corrected chi connectivity index (χ0v) is 6.03. The van der Waals surface area contributed by atoms with Gasteiger partial charge in [-0.25, -0.2) is 0 Å². The average molecular weight is 148 g/mol. The van der Waals surface area contributed by atoms with Crippen LogP contribution in [0.4, 0.5) is 0 Å². The summed E-state index contributed by atoms with van der Waals surface area (Å²) in [7, 11) is 0. The van der Waals surface area contributed by atoms with Gasteiger partial charge < -0.3 is 16.2 Å². The van der Waals surface area contributed by atoms with Crippen molar-refractivity contribution >= 4 is 17.6 Å². The molecule has 0 aliphatic carbocycles. The summed E-state index contributed by atoms with van der Waals surface area (Å²) >= 11 is 4.60. The first-order valence-corrected chi connectivity index (χ1v) is 3.32. The van der Waals surface area contributed by atoms with Crippen LogP contribution in [0.25, 0.3) is 0 Å². The van der Waals surface area contributed by atoms with Gasteiger partial charge in [0.15, 0.2) is 0 Å². The molecule has 0 aromatic heterocycles. The molecule has 0 aliphatic heterocycles. The van der Waals surface area contributed by atoms with E-state index >= 15 is 0 Å². The van der Waals surface area contributed by atoms with Gasteiger partial charge in [-0.15, -0.1) is 0 Å². The number of rotatable bonds is 5. The number of hydrogen-bond acceptors (Lipinski definition) is 4. The predicted octanol–water partition coefficient (Wildman–Crippen LogP) is -1.10. The van der Waals surface area contributed by atoms with Crippen LogP contribution in [0.5, 0.6) is 0 Å². The molecule has 1 atom stereocenters. The van der Waals surface area contributed by atoms with Crippen LogP contribution >= 0.6 is 12.2 Å². The smallest absolute Gasteiger partial charge is 0.0628 e. The Labute approximate surface area is 60.2 Å². The van der Waals surface area contributed by atoms with E-state index < -0.39 is 0 Å². The monoisotopic (exact) mass is 148 g/mol. The molecule has 0 aromatic rings. The van der Waals surface area contributed by atoms with Crippen molar-refractivity contribution in [2.75, 3.05) is 19.7 Å². The molecule has 0 radical (unpaired) electrons. The van der Waals surface area contributed by atoms with E-state index in [1.165, 1.54) is 5.37 Å². The largest absolute Gasteiger partial charge is 0.394 e. The molecular weight excluding hydrogens is 136 g/mol. The lowest BCUT2D eigenvalue weighted by molar-refractivity contribution is 0.275. The molecule has 0 fully saturated rings. The molecule has 0 amide bonds. The maximum absolute atomic E-state index is 8.55. The molecule has 0 rings (SSSR count). The molecule has 0 aliphatic rings. The fraction of sp³-hybridized carbons (Fsp3) is 0.800. The summed E-state index contributed by atoms with van der Waals surface area (Å²) in [6, 6.07) is -0.0800. The second kappa shape index (κ2) is 6.10. The molecule has 9 heavy (non-hydrogen) atoms. The van der Waals surface area contributed by atoms with Gasteiger partial charge in [-0.05, 0) is 5.37 Å². The fourth-order valence-electron chi connectivity index (χ4n) is 0.424. The van der Waals surface area contributed by atoms with Gasteiger partial charge >= 0.3 is 0 Å². The molecule has 4 N–H and O–H groups in total. The number of hydrogen-bond donors (Lipinski definition) is 3. The second-order valence-electron chi connectivity index (χ2n) is 1.67. The molecule has 0 bridgehead atoms. The minimum Gasteiger partial charge on any atom is -0.394 e. The van der Waals surface area contributed by atoms with Crippen molar-refractivity contribution in [2.24, 2.45) is 5.73 Å². The molecule has 0 unspecified atom stereocenters. The number of aliphatic hydroxyl groups excluding tert-OH is 1. The predicted molar refractivity (Wildman–Crippen MR) is 41.6 cm³/mol. The van der Waals surface area contributed by atoms with Crippen molar-refractivity contribution in [3.05, 3.63) is 0 Å². The van der Waals surface area contributed by atoms with Crippen molar-refractivity contribution in [2.45, 2.75) is 6.04 Å². The molecule has 3 nitrogen and oxygen atoms in total. The van der Waals surface area contributed by atoms with Crippen LogP contribution in [-0.2, 0) is 0 Å². The van der Waals surface area contributed by atoms with Gasteiger partial charge in [-0.1, -0.05) is 12.2 Å². The van der Waals surface area contributed by atoms with Gasteiger partial charge in [0, 0.05) is 13.1 Å². The Kier molecular flexibility index (Phi) is 6.08. The quantitative estimate of drug-likeness (QED) is 0.433. The Morgan fingerprint density at radius 2 is 2.44 bits per heavy atom. The summed E-state index contributed by atoms with van der Waals surface area (Å²) in [4.78, 5) is 0. The molecule has 54 valence electrons. The maximum Gasteiger partial charge on any atom is 0.0628 e. The molecule has 0 saturated heterocycles. The molecule has 0 saturated carbocycles. The van der Waals surface area contributed by atoms with Crippen molar-refractivity contribution in [1.82, 2.24) is 5.32 Å². The fourth-order valence-corrected chi connectivity index (χ4v) is 0.607. The van der Waals surface area contributed by atoms with Crippen LogP contribution in [0.15, 0.2) is 0 Å². The van der Waals surface area contributed by atoms with Crippen LogP contribution in [0.3, 0.4) is 0 Å². The van der Waals surface area contributed by atoms with E-state index in [4.69, 9.17) is 10.8 Å². The first-order valence-electron chi connectivity index (χ1n) is 2.84. The van der Waals surface area contributed by atoms with Crippen molar-refractivity contribution in [3.63, 3.8) is 0 Å². The lowest BCUT2D eigenvalue weighted by Crippen LogP contribution is -2.36. The lowest BCUT2D eigenvalue weighted by Gasteiger charge is -2.07. The van der Waals surface area contributed by atoms with Crippen LogP contribution in [0.1, 0.15) is 0 Å². The third kappa shape index (κ3) is 4.47. The van der Waals surface area contributed by atoms with Crippen molar-refractivity contribution in [3.8, 4) is 0 Å². The van der Waals surface area contributed by atoms with Crippen molar-refractivity contribution in [1.29, 1.82) is 0 Å². The van der Waals surface area contributed by atoms with Gasteiger partial charge in [0.25, 0.3) is 0 Å². The SMILES string of the molecule is NCCN[C@@H](C=S)CO. The van der Waals surface area contributed by atoms with E-state index in [-0.39, 0.29) is 12.6 Å². The third-order valence-corrected chi connectivity index (χ3v) is 1.24. The van der Waals surface area contributed by atoms with E-state index in [0.717, 1.165) is 0 Å². The van der Waals surface area contributed by atoms with Crippen molar-refractivity contribution < 1.29 is 5.11 Å². The highest BCUT2D eigenvalue weighted by molar-refractivity contribution is 7.79. The van der Waals surface area contributed by atoms with Gasteiger partial charge in [0.2, 0.25) is 0 Å². The van der Waals surface area contributed by atoms with Gasteiger partial charge in [0.05, 0.1) is 12.6 Å². The number of nitrogens with one attached hydrogen (secondary N) is 1. The van der Waals surface area contributed by atoms with Gasteiger partial charge in [-0.3, -0.25) is 0 Å². The summed E-state index contributed by atoms with van der Waals surface area (Å²) in [6.45, 7) is 1.31. The third-order valence-electron chi connectivity index (χ3n) is 0.912. The highest BCUT2D eigenvalue weighted by Crippen LogP contribution is 1.74. The first-order chi connectivity index (χ1) is 4.35. The summed E-state index contributed by atoms with van der Waals surface area (Å²) < 4.78 is 0. The lowest BCUT2D eigenvalue weighted by atomic mass is 10.3. The number of nitrogens with two attached hydrogens (primary N) is 1. The highest BCUT2D eigenvalue weighted by atomic mass is 32.1. The Morgan fingerprint density at radius 1 is 1.78 bits per heavy atom. The standard InChI is InChI=1S/C5H12N2OS/c6-1-2-7-5(3-8)4-9/h4-5,7-8H,1-3,6H2/t5-/m1/s1. The molecule has 0 spiro atoms. The topological polar surface area (TPSA) is 58.3 Å². The van der Waals surface area contributed by atoms with Crippen LogP contribution < -0.4 is 11.1 Å². The van der Waals surface area contributed by atoms with E-state index in [1.807, 2.05) is 0 Å². The summed E-state index contributed by atoms with van der Waals surface area (Å²) in [5.41, 5.74) is 5.19. The van der Waals surface area contributed by atoms with E-state index in [2.05, 4.69) is 17.5 Å². The molecule has 0 aromatic carbocycles. The normalized spacial score (nSPS) is 13.1. The Morgan fingerprint density at radius 3 is 2.78 bits per heavy atom. The van der Waals surface area contributed by atoms with E-state index in [9.17, 15) is 0 Å². The zero-order chi connectivity index (χ0) is 7.11. The molecular formula is C5H12N2OS. The minimum absolute atomic E-state index is 0.0451. The first kappa shape index (κ1) is 8.97. The Hall–Kier alpha value is -0.0300. The average Bonchev–Trinajstić information content (AvgIpc) is 1.91. The highest BCUT2D eigenvalue weighted by Gasteiger charge is 1.97. The maximum atomic E-state index is 8.55. The molecule has 4 heteroatoms. The summed E-state index contributed by atoms with van der Waals surface area (Å²) in [5, 5.41) is 13.0. The number of aliphatic hydroxyl groups is 1. The van der Waals surface area contributed by atoms with Crippen LogP contribution in [0.2, 0.25) is 0 Å². The second-order valence-corrected chi connectivity index (χ2v) is 1.94. The van der Waals surface area contributed by atoms with E-state index in [0.29, 0.717) is 13.1 Å². The van der Waals surface area contributed by atoms with Gasteiger partial charge in [0.1, 0.15) is 0 Å². The summed E-state index contributed by atoms with van der Waals surface area (Å²) in [5.74, 6) is 0. The molecule has 0 heterocycles. The minimum atomic E-state index is -0.0800. The van der Waals surface area contributed by atoms with Crippen LogP contribution in [0, 0.1) is 0 Å².